The molecule has 2 aliphatic heterocycles. The number of nitrogens with zero attached hydrogens (tertiary/aromatic N) is 3. The molecule has 136 valence electrons. The first-order valence-electron chi connectivity index (χ1n) is 8.06. The fourth-order valence-electron chi connectivity index (χ4n) is 3.38. The van der Waals surface area contributed by atoms with E-state index in [4.69, 9.17) is 4.52 Å². The van der Waals surface area contributed by atoms with Crippen molar-refractivity contribution < 1.29 is 21.4 Å². The van der Waals surface area contributed by atoms with E-state index in [1.54, 1.807) is 0 Å². The molecule has 0 amide bonds. The summed E-state index contributed by atoms with van der Waals surface area (Å²) in [5, 5.41) is 3.88. The van der Waals surface area contributed by atoms with Crippen molar-refractivity contribution in [1.29, 1.82) is 0 Å². The summed E-state index contributed by atoms with van der Waals surface area (Å²) in [6.07, 6.45) is 1.71. The van der Waals surface area contributed by atoms with Crippen LogP contribution in [-0.4, -0.2) is 68.3 Å². The molecule has 24 heavy (non-hydrogen) atoms. The summed E-state index contributed by atoms with van der Waals surface area (Å²) < 4.78 is 56.7. The number of hydrogen-bond donors (Lipinski definition) is 0. The van der Waals surface area contributed by atoms with Crippen LogP contribution in [0, 0.1) is 6.92 Å². The third kappa shape index (κ3) is 3.51. The summed E-state index contributed by atoms with van der Waals surface area (Å²) in [4.78, 5) is 0. The number of aryl methyl sites for hydroxylation is 1. The summed E-state index contributed by atoms with van der Waals surface area (Å²) in [6.45, 7) is 2.66. The van der Waals surface area contributed by atoms with Gasteiger partial charge in [-0.1, -0.05) is 5.16 Å². The fraction of sp³-hybridized carbons (Fsp3) is 0.786. The van der Waals surface area contributed by atoms with E-state index in [9.17, 15) is 16.8 Å². The lowest BCUT2D eigenvalue weighted by Crippen LogP contribution is -2.49. The molecule has 0 saturated carbocycles. The number of hydrogen-bond acceptors (Lipinski definition) is 6. The highest BCUT2D eigenvalue weighted by atomic mass is 32.2. The Morgan fingerprint density at radius 2 is 1.96 bits per heavy atom. The molecule has 2 aliphatic rings. The molecule has 8 nitrogen and oxygen atoms in total. The summed E-state index contributed by atoms with van der Waals surface area (Å²) in [5.74, 6) is 0.954. The minimum Gasteiger partial charge on any atom is -0.361 e. The normalized spacial score (nSPS) is 26.2. The highest BCUT2D eigenvalue weighted by Crippen LogP contribution is 2.31. The van der Waals surface area contributed by atoms with Gasteiger partial charge in [0, 0.05) is 38.2 Å². The fourth-order valence-corrected chi connectivity index (χ4v) is 6.84. The predicted molar refractivity (Wildman–Crippen MR) is 88.5 cm³/mol. The zero-order chi connectivity index (χ0) is 17.5. The van der Waals surface area contributed by atoms with Crippen molar-refractivity contribution >= 4 is 20.0 Å². The van der Waals surface area contributed by atoms with Crippen LogP contribution < -0.4 is 0 Å². The van der Waals surface area contributed by atoms with Crippen molar-refractivity contribution in [1.82, 2.24) is 13.8 Å². The van der Waals surface area contributed by atoms with Gasteiger partial charge in [0.05, 0.1) is 17.2 Å². The van der Waals surface area contributed by atoms with Crippen LogP contribution in [-0.2, 0) is 20.0 Å². The SMILES string of the molecule is Cc1cc(C2CCN(S(=O)(=O)N(C)C3CCS(=O)(=O)C3)CC2)on1. The third-order valence-corrected chi connectivity index (χ3v) is 8.71. The molecule has 3 heterocycles. The van der Waals surface area contributed by atoms with Gasteiger partial charge in [-0.2, -0.15) is 17.0 Å². The first-order chi connectivity index (χ1) is 11.2. The van der Waals surface area contributed by atoms with Gasteiger partial charge in [0.15, 0.2) is 9.84 Å². The summed E-state index contributed by atoms with van der Waals surface area (Å²) in [6, 6.07) is 1.43. The number of aromatic nitrogens is 1. The maximum absolute atomic E-state index is 12.8. The summed E-state index contributed by atoms with van der Waals surface area (Å²) >= 11 is 0. The Morgan fingerprint density at radius 3 is 2.46 bits per heavy atom. The Hall–Kier alpha value is -0.970. The monoisotopic (exact) mass is 377 g/mol. The molecule has 1 unspecified atom stereocenters. The van der Waals surface area contributed by atoms with Crippen LogP contribution in [0.1, 0.15) is 36.6 Å². The quantitative estimate of drug-likeness (QED) is 0.758. The van der Waals surface area contributed by atoms with Crippen molar-refractivity contribution in [2.24, 2.45) is 0 Å². The Kier molecular flexibility index (Phi) is 4.75. The Bertz CT molecular complexity index is 794. The zero-order valence-corrected chi connectivity index (χ0v) is 15.5. The molecule has 0 spiro atoms. The average molecular weight is 377 g/mol. The highest BCUT2D eigenvalue weighted by Gasteiger charge is 2.39. The smallest absolute Gasteiger partial charge is 0.282 e. The largest absolute Gasteiger partial charge is 0.361 e. The molecule has 0 aromatic carbocycles. The molecule has 10 heteroatoms. The maximum atomic E-state index is 12.8. The Morgan fingerprint density at radius 1 is 1.29 bits per heavy atom. The molecule has 0 aliphatic carbocycles. The highest BCUT2D eigenvalue weighted by molar-refractivity contribution is 7.91. The van der Waals surface area contributed by atoms with Gasteiger partial charge in [0.25, 0.3) is 10.2 Å². The van der Waals surface area contributed by atoms with E-state index < -0.39 is 26.1 Å². The first-order valence-corrected chi connectivity index (χ1v) is 11.3. The average Bonchev–Trinajstić information content (AvgIpc) is 3.12. The lowest BCUT2D eigenvalue weighted by atomic mass is 9.95. The minimum atomic E-state index is -3.64. The van der Waals surface area contributed by atoms with Gasteiger partial charge in [-0.05, 0) is 26.2 Å². The molecular weight excluding hydrogens is 354 g/mol. The second-order valence-corrected chi connectivity index (χ2v) is 10.8. The second-order valence-electron chi connectivity index (χ2n) is 6.62. The van der Waals surface area contributed by atoms with Gasteiger partial charge in [-0.25, -0.2) is 8.42 Å². The van der Waals surface area contributed by atoms with Crippen LogP contribution in [0.2, 0.25) is 0 Å². The zero-order valence-electron chi connectivity index (χ0n) is 13.9. The van der Waals surface area contributed by atoms with E-state index in [-0.39, 0.29) is 17.4 Å². The van der Waals surface area contributed by atoms with Gasteiger partial charge in [0.2, 0.25) is 0 Å². The molecule has 0 radical (unpaired) electrons. The second kappa shape index (κ2) is 6.40. The number of rotatable bonds is 4. The van der Waals surface area contributed by atoms with Crippen LogP contribution in [0.15, 0.2) is 10.6 Å². The first kappa shape index (κ1) is 17.8. The van der Waals surface area contributed by atoms with Crippen LogP contribution in [0.25, 0.3) is 0 Å². The molecule has 1 atom stereocenters. The van der Waals surface area contributed by atoms with Crippen molar-refractivity contribution in [3.8, 4) is 0 Å². The molecule has 0 N–H and O–H groups in total. The van der Waals surface area contributed by atoms with Crippen molar-refractivity contribution in [3.05, 3.63) is 17.5 Å². The van der Waals surface area contributed by atoms with E-state index >= 15 is 0 Å². The van der Waals surface area contributed by atoms with E-state index in [0.29, 0.717) is 32.4 Å². The molecule has 3 rings (SSSR count). The van der Waals surface area contributed by atoms with Crippen molar-refractivity contribution in [3.63, 3.8) is 0 Å². The van der Waals surface area contributed by atoms with Crippen LogP contribution in [0.4, 0.5) is 0 Å². The Balaban J connectivity index is 1.64. The van der Waals surface area contributed by atoms with Gasteiger partial charge >= 0.3 is 0 Å². The Labute approximate surface area is 142 Å². The molecule has 2 saturated heterocycles. The van der Waals surface area contributed by atoms with Crippen LogP contribution >= 0.6 is 0 Å². The predicted octanol–water partition coefficient (Wildman–Crippen LogP) is 0.526. The summed E-state index contributed by atoms with van der Waals surface area (Å²) in [5.41, 5.74) is 0.822. The van der Waals surface area contributed by atoms with Crippen LogP contribution in [0.3, 0.4) is 0 Å². The van der Waals surface area contributed by atoms with Crippen LogP contribution in [0.5, 0.6) is 0 Å². The van der Waals surface area contributed by atoms with E-state index in [1.165, 1.54) is 15.7 Å². The molecule has 0 bridgehead atoms. The van der Waals surface area contributed by atoms with Gasteiger partial charge < -0.3 is 4.52 Å². The third-order valence-electron chi connectivity index (χ3n) is 4.92. The van der Waals surface area contributed by atoms with E-state index in [1.807, 2.05) is 13.0 Å². The maximum Gasteiger partial charge on any atom is 0.282 e. The molecular formula is C14H23N3O5S2. The standard InChI is InChI=1S/C14H23N3O5S2/c1-11-9-14(22-15-11)12-3-6-17(7-4-12)24(20,21)16(2)13-5-8-23(18,19)10-13/h9,12-13H,3-8,10H2,1-2H3. The molecule has 2 fully saturated rings. The molecule has 1 aromatic heterocycles. The number of sulfone groups is 1. The van der Waals surface area contributed by atoms with Gasteiger partial charge in [-0.3, -0.25) is 0 Å². The topological polar surface area (TPSA) is 101 Å². The lowest BCUT2D eigenvalue weighted by molar-refractivity contribution is 0.257. The van der Waals surface area contributed by atoms with Crippen molar-refractivity contribution in [2.45, 2.75) is 38.1 Å². The van der Waals surface area contributed by atoms with E-state index in [0.717, 1.165) is 11.5 Å². The number of piperidine rings is 1. The summed E-state index contributed by atoms with van der Waals surface area (Å²) in [7, 11) is -5.28. The minimum absolute atomic E-state index is 0.0600. The van der Waals surface area contributed by atoms with Gasteiger partial charge in [-0.15, -0.1) is 0 Å². The van der Waals surface area contributed by atoms with Crippen molar-refractivity contribution in [2.75, 3.05) is 31.6 Å². The lowest BCUT2D eigenvalue weighted by Gasteiger charge is -2.34. The van der Waals surface area contributed by atoms with E-state index in [2.05, 4.69) is 5.16 Å². The molecule has 1 aromatic rings. The van der Waals surface area contributed by atoms with Gasteiger partial charge in [0.1, 0.15) is 5.76 Å².